The second kappa shape index (κ2) is 9.24. The van der Waals surface area contributed by atoms with Gasteiger partial charge in [-0.25, -0.2) is 4.79 Å². The van der Waals surface area contributed by atoms with Crippen molar-refractivity contribution < 1.29 is 28.6 Å². The van der Waals surface area contributed by atoms with Crippen LogP contribution in [0.2, 0.25) is 0 Å². The summed E-state index contributed by atoms with van der Waals surface area (Å²) in [5, 5.41) is 18.4. The number of nitriles is 1. The Bertz CT molecular complexity index is 1150. The number of amides is 2. The third-order valence-corrected chi connectivity index (χ3v) is 4.85. The van der Waals surface area contributed by atoms with Gasteiger partial charge in [0.2, 0.25) is 0 Å². The molecule has 2 amide bonds. The van der Waals surface area contributed by atoms with Gasteiger partial charge in [-0.3, -0.25) is 14.5 Å². The average molecular weight is 420 g/mol. The molecular formula is C23H20N2O6. The number of rotatable bonds is 6. The molecule has 1 aromatic heterocycles. The van der Waals surface area contributed by atoms with Gasteiger partial charge in [0, 0.05) is 24.3 Å². The molecule has 158 valence electrons. The molecule has 0 atom stereocenters. The van der Waals surface area contributed by atoms with E-state index in [2.05, 4.69) is 0 Å². The minimum Gasteiger partial charge on any atom is -0.465 e. The minimum atomic E-state index is -0.671. The summed E-state index contributed by atoms with van der Waals surface area (Å²) < 4.78 is 10.5. The van der Waals surface area contributed by atoms with Crippen LogP contribution in [0.1, 0.15) is 29.5 Å². The number of benzene rings is 1. The predicted molar refractivity (Wildman–Crippen MR) is 110 cm³/mol. The number of carbonyl (C=O) groups is 3. The first kappa shape index (κ1) is 21.7. The van der Waals surface area contributed by atoms with Crippen LogP contribution in [0.3, 0.4) is 0 Å². The van der Waals surface area contributed by atoms with E-state index < -0.39 is 17.8 Å². The lowest BCUT2D eigenvalue weighted by molar-refractivity contribution is -0.140. The van der Waals surface area contributed by atoms with Gasteiger partial charge in [0.05, 0.1) is 12.7 Å². The molecule has 2 heterocycles. The number of aliphatic hydroxyl groups excluding tert-OH is 1. The molecule has 1 aromatic carbocycles. The SMILES string of the molecule is COC(=O)c1cccc(-c2ccc(/C=C3\C(=O)N(CCCO)C(=O)C(C#N)=C3C)o2)c1. The maximum Gasteiger partial charge on any atom is 0.337 e. The molecule has 0 spiro atoms. The van der Waals surface area contributed by atoms with Crippen LogP contribution in [0, 0.1) is 11.3 Å². The summed E-state index contributed by atoms with van der Waals surface area (Å²) >= 11 is 0. The number of hydrogen-bond donors (Lipinski definition) is 1. The third kappa shape index (κ3) is 4.32. The Morgan fingerprint density at radius 2 is 2.03 bits per heavy atom. The molecule has 1 aliphatic rings. The highest BCUT2D eigenvalue weighted by molar-refractivity contribution is 6.19. The Morgan fingerprint density at radius 3 is 2.71 bits per heavy atom. The number of aliphatic hydroxyl groups is 1. The molecule has 8 heteroatoms. The van der Waals surface area contributed by atoms with Crippen LogP contribution >= 0.6 is 0 Å². The summed E-state index contributed by atoms with van der Waals surface area (Å²) in [5.41, 5.74) is 1.32. The van der Waals surface area contributed by atoms with Gasteiger partial charge in [0.15, 0.2) is 0 Å². The van der Waals surface area contributed by atoms with Crippen molar-refractivity contribution in [3.8, 4) is 17.4 Å². The molecule has 31 heavy (non-hydrogen) atoms. The number of imide groups is 1. The lowest BCUT2D eigenvalue weighted by atomic mass is 9.94. The smallest absolute Gasteiger partial charge is 0.337 e. The Balaban J connectivity index is 1.98. The molecule has 2 aromatic rings. The molecule has 0 bridgehead atoms. The molecule has 0 aliphatic carbocycles. The van der Waals surface area contributed by atoms with Crippen molar-refractivity contribution in [2.24, 2.45) is 0 Å². The molecule has 3 rings (SSSR count). The number of esters is 1. The van der Waals surface area contributed by atoms with E-state index in [1.807, 2.05) is 6.07 Å². The Kier molecular flexibility index (Phi) is 6.48. The fourth-order valence-electron chi connectivity index (χ4n) is 3.21. The molecule has 8 nitrogen and oxygen atoms in total. The van der Waals surface area contributed by atoms with Gasteiger partial charge in [-0.15, -0.1) is 0 Å². The molecule has 0 fully saturated rings. The lowest BCUT2D eigenvalue weighted by Crippen LogP contribution is -2.43. The molecule has 1 N–H and O–H groups in total. The molecule has 0 radical (unpaired) electrons. The van der Waals surface area contributed by atoms with Crippen LogP contribution in [0.15, 0.2) is 57.5 Å². The van der Waals surface area contributed by atoms with E-state index in [0.29, 0.717) is 22.6 Å². The van der Waals surface area contributed by atoms with Gasteiger partial charge in [0.25, 0.3) is 11.8 Å². The van der Waals surface area contributed by atoms with Gasteiger partial charge in [-0.2, -0.15) is 5.26 Å². The van der Waals surface area contributed by atoms with Crippen LogP contribution in [-0.4, -0.2) is 48.1 Å². The van der Waals surface area contributed by atoms with Gasteiger partial charge in [0.1, 0.15) is 23.2 Å². The number of furan rings is 1. The standard InChI is InChI=1S/C23H20N2O6/c1-14-18(21(27)25(9-4-10-26)22(28)19(14)13-24)12-17-7-8-20(31-17)15-5-3-6-16(11-15)23(29)30-2/h3,5-8,11-12,26H,4,9-10H2,1-2H3/b18-12-. The zero-order valence-electron chi connectivity index (χ0n) is 17.0. The Morgan fingerprint density at radius 1 is 1.26 bits per heavy atom. The van der Waals surface area contributed by atoms with Crippen LogP contribution in [0.25, 0.3) is 17.4 Å². The number of nitrogens with zero attached hydrogens (tertiary/aromatic N) is 2. The molecule has 0 saturated heterocycles. The second-order valence-electron chi connectivity index (χ2n) is 6.78. The highest BCUT2D eigenvalue weighted by atomic mass is 16.5. The van der Waals surface area contributed by atoms with Crippen LogP contribution in [0.4, 0.5) is 0 Å². The Labute approximate surface area is 178 Å². The van der Waals surface area contributed by atoms with Crippen LogP contribution in [-0.2, 0) is 14.3 Å². The normalized spacial score (nSPS) is 15.4. The second-order valence-corrected chi connectivity index (χ2v) is 6.78. The number of methoxy groups -OCH3 is 1. The van der Waals surface area contributed by atoms with Crippen molar-refractivity contribution in [3.63, 3.8) is 0 Å². The van der Waals surface area contributed by atoms with Crippen molar-refractivity contribution in [1.82, 2.24) is 4.90 Å². The van der Waals surface area contributed by atoms with E-state index in [0.717, 1.165) is 4.90 Å². The van der Waals surface area contributed by atoms with Gasteiger partial charge in [-0.1, -0.05) is 12.1 Å². The van der Waals surface area contributed by atoms with Gasteiger partial charge >= 0.3 is 5.97 Å². The van der Waals surface area contributed by atoms with Gasteiger partial charge < -0.3 is 14.3 Å². The first-order valence-electron chi connectivity index (χ1n) is 9.50. The van der Waals surface area contributed by atoms with Crippen molar-refractivity contribution in [2.75, 3.05) is 20.3 Å². The van der Waals surface area contributed by atoms with Crippen LogP contribution in [0.5, 0.6) is 0 Å². The summed E-state index contributed by atoms with van der Waals surface area (Å²) in [7, 11) is 1.30. The zero-order chi connectivity index (χ0) is 22.5. The first-order chi connectivity index (χ1) is 14.9. The molecule has 0 saturated carbocycles. The topological polar surface area (TPSA) is 121 Å². The van der Waals surface area contributed by atoms with E-state index in [-0.39, 0.29) is 36.3 Å². The van der Waals surface area contributed by atoms with Gasteiger partial charge in [-0.05, 0) is 49.3 Å². The monoisotopic (exact) mass is 420 g/mol. The summed E-state index contributed by atoms with van der Waals surface area (Å²) in [6.45, 7) is 1.35. The molecule has 1 aliphatic heterocycles. The highest BCUT2D eigenvalue weighted by Crippen LogP contribution is 2.29. The fraction of sp³-hybridized carbons (Fsp3) is 0.217. The lowest BCUT2D eigenvalue weighted by Gasteiger charge is -2.27. The highest BCUT2D eigenvalue weighted by Gasteiger charge is 2.35. The maximum atomic E-state index is 12.9. The number of ether oxygens (including phenoxy) is 1. The third-order valence-electron chi connectivity index (χ3n) is 4.85. The summed E-state index contributed by atoms with van der Waals surface area (Å²) in [4.78, 5) is 38.0. The van der Waals surface area contributed by atoms with Crippen molar-refractivity contribution in [3.05, 3.63) is 64.4 Å². The quantitative estimate of drug-likeness (QED) is 0.433. The van der Waals surface area contributed by atoms with E-state index in [4.69, 9.17) is 14.3 Å². The number of hydrogen-bond acceptors (Lipinski definition) is 7. The van der Waals surface area contributed by atoms with E-state index >= 15 is 0 Å². The van der Waals surface area contributed by atoms with Crippen molar-refractivity contribution in [2.45, 2.75) is 13.3 Å². The summed E-state index contributed by atoms with van der Waals surface area (Å²) in [6.07, 6.45) is 1.69. The molecule has 0 unspecified atom stereocenters. The molecular weight excluding hydrogens is 400 g/mol. The number of carbonyl (C=O) groups excluding carboxylic acids is 3. The largest absolute Gasteiger partial charge is 0.465 e. The van der Waals surface area contributed by atoms with Crippen molar-refractivity contribution >= 4 is 23.9 Å². The van der Waals surface area contributed by atoms with Crippen LogP contribution < -0.4 is 0 Å². The Hall–Kier alpha value is -3.96. The van der Waals surface area contributed by atoms with Crippen molar-refractivity contribution in [1.29, 1.82) is 5.26 Å². The summed E-state index contributed by atoms with van der Waals surface area (Å²) in [6, 6.07) is 11.9. The van der Waals surface area contributed by atoms with E-state index in [1.165, 1.54) is 20.1 Å². The van der Waals surface area contributed by atoms with E-state index in [9.17, 15) is 19.6 Å². The minimum absolute atomic E-state index is 0.00763. The fourth-order valence-corrected chi connectivity index (χ4v) is 3.21. The zero-order valence-corrected chi connectivity index (χ0v) is 17.0. The average Bonchev–Trinajstić information content (AvgIpc) is 3.25. The summed E-state index contributed by atoms with van der Waals surface area (Å²) in [5.74, 6) is -0.886. The van der Waals surface area contributed by atoms with E-state index in [1.54, 1.807) is 36.4 Å². The first-order valence-corrected chi connectivity index (χ1v) is 9.50. The maximum absolute atomic E-state index is 12.9. The predicted octanol–water partition coefficient (Wildman–Crippen LogP) is 2.71.